The first-order chi connectivity index (χ1) is 6.92. The highest BCUT2D eigenvalue weighted by atomic mass is 15.1. The molecule has 3 heteroatoms. The number of hydrogen-bond donors (Lipinski definition) is 0. The van der Waals surface area contributed by atoms with Gasteiger partial charge in [-0.1, -0.05) is 0 Å². The lowest BCUT2D eigenvalue weighted by Gasteiger charge is -2.27. The van der Waals surface area contributed by atoms with Gasteiger partial charge in [0.25, 0.3) is 0 Å². The summed E-state index contributed by atoms with van der Waals surface area (Å²) in [4.78, 5) is 10.9. The van der Waals surface area contributed by atoms with E-state index in [4.69, 9.17) is 0 Å². The van der Waals surface area contributed by atoms with Crippen LogP contribution in [0.15, 0.2) is 12.5 Å². The fourth-order valence-electron chi connectivity index (χ4n) is 2.15. The number of fused-ring (bicyclic) bond motifs is 1. The second kappa shape index (κ2) is 3.31. The number of rotatable bonds is 2. The van der Waals surface area contributed by atoms with E-state index in [0.717, 1.165) is 18.9 Å². The first-order valence-electron chi connectivity index (χ1n) is 5.42. The summed E-state index contributed by atoms with van der Waals surface area (Å²) in [6.45, 7) is 3.53. The van der Waals surface area contributed by atoms with Crippen molar-refractivity contribution in [2.45, 2.75) is 25.8 Å². The molecule has 3 rings (SSSR count). The molecule has 0 spiro atoms. The average molecular weight is 189 g/mol. The summed E-state index contributed by atoms with van der Waals surface area (Å²) in [5, 5.41) is 0. The van der Waals surface area contributed by atoms with Gasteiger partial charge in [-0.3, -0.25) is 4.90 Å². The average Bonchev–Trinajstić information content (AvgIpc) is 3.02. The molecule has 74 valence electrons. The Morgan fingerprint density at radius 1 is 1.43 bits per heavy atom. The molecule has 2 heterocycles. The maximum atomic E-state index is 4.31. The summed E-state index contributed by atoms with van der Waals surface area (Å²) in [5.41, 5.74) is 2.59. The molecule has 2 aliphatic rings. The van der Waals surface area contributed by atoms with E-state index in [-0.39, 0.29) is 0 Å². The molecule has 1 fully saturated rings. The largest absolute Gasteiger partial charge is 0.298 e. The zero-order chi connectivity index (χ0) is 9.38. The maximum Gasteiger partial charge on any atom is 0.115 e. The van der Waals surface area contributed by atoms with Crippen molar-refractivity contribution in [1.82, 2.24) is 14.9 Å². The van der Waals surface area contributed by atoms with Gasteiger partial charge in [0.2, 0.25) is 0 Å². The van der Waals surface area contributed by atoms with E-state index in [1.165, 1.54) is 37.2 Å². The van der Waals surface area contributed by atoms with Gasteiger partial charge in [-0.25, -0.2) is 9.97 Å². The predicted molar refractivity (Wildman–Crippen MR) is 53.7 cm³/mol. The fraction of sp³-hybridized carbons (Fsp3) is 0.636. The minimum atomic E-state index is 0.987. The molecule has 0 unspecified atom stereocenters. The third kappa shape index (κ3) is 1.64. The summed E-state index contributed by atoms with van der Waals surface area (Å²) in [6, 6.07) is 0. The van der Waals surface area contributed by atoms with Crippen molar-refractivity contribution in [3.05, 3.63) is 23.8 Å². The number of aromatic nitrogens is 2. The van der Waals surface area contributed by atoms with Crippen molar-refractivity contribution in [1.29, 1.82) is 0 Å². The van der Waals surface area contributed by atoms with Gasteiger partial charge in [0.05, 0.1) is 0 Å². The molecule has 1 aliphatic heterocycles. The molecule has 1 aliphatic carbocycles. The van der Waals surface area contributed by atoms with Gasteiger partial charge < -0.3 is 0 Å². The highest BCUT2D eigenvalue weighted by Crippen LogP contribution is 2.31. The summed E-state index contributed by atoms with van der Waals surface area (Å²) in [5.74, 6) is 0.987. The fourth-order valence-corrected chi connectivity index (χ4v) is 2.15. The lowest BCUT2D eigenvalue weighted by Crippen LogP contribution is -2.32. The van der Waals surface area contributed by atoms with Crippen molar-refractivity contribution in [2.24, 2.45) is 5.92 Å². The molecule has 3 nitrogen and oxygen atoms in total. The smallest absolute Gasteiger partial charge is 0.115 e. The van der Waals surface area contributed by atoms with Gasteiger partial charge in [0.1, 0.15) is 6.33 Å². The second-order valence-electron chi connectivity index (χ2n) is 4.42. The standard InChI is InChI=1S/C11H15N3/c1-2-9(1)6-14-4-3-11-10(7-14)5-12-8-13-11/h5,8-9H,1-4,6-7H2. The molecule has 1 aromatic heterocycles. The van der Waals surface area contributed by atoms with E-state index in [9.17, 15) is 0 Å². The molecule has 0 amide bonds. The van der Waals surface area contributed by atoms with Crippen LogP contribution in [0, 0.1) is 5.92 Å². The van der Waals surface area contributed by atoms with Crippen molar-refractivity contribution in [2.75, 3.05) is 13.1 Å². The highest BCUT2D eigenvalue weighted by molar-refractivity contribution is 5.18. The topological polar surface area (TPSA) is 29.0 Å². The van der Waals surface area contributed by atoms with Crippen molar-refractivity contribution >= 4 is 0 Å². The van der Waals surface area contributed by atoms with E-state index in [0.29, 0.717) is 0 Å². The van der Waals surface area contributed by atoms with E-state index < -0.39 is 0 Å². The minimum Gasteiger partial charge on any atom is -0.298 e. The Bertz CT molecular complexity index is 333. The molecule has 0 atom stereocenters. The van der Waals surface area contributed by atoms with Gasteiger partial charge in [-0.05, 0) is 18.8 Å². The third-order valence-electron chi connectivity index (χ3n) is 3.15. The van der Waals surface area contributed by atoms with E-state index >= 15 is 0 Å². The first-order valence-corrected chi connectivity index (χ1v) is 5.42. The minimum absolute atomic E-state index is 0.987. The summed E-state index contributed by atoms with van der Waals surface area (Å²) < 4.78 is 0. The summed E-state index contributed by atoms with van der Waals surface area (Å²) >= 11 is 0. The Kier molecular flexibility index (Phi) is 1.98. The van der Waals surface area contributed by atoms with Gasteiger partial charge in [-0.15, -0.1) is 0 Å². The van der Waals surface area contributed by atoms with Crippen LogP contribution in [-0.2, 0) is 13.0 Å². The molecule has 0 bridgehead atoms. The van der Waals surface area contributed by atoms with E-state index in [1.807, 2.05) is 6.20 Å². The zero-order valence-electron chi connectivity index (χ0n) is 8.32. The third-order valence-corrected chi connectivity index (χ3v) is 3.15. The molecule has 0 radical (unpaired) electrons. The van der Waals surface area contributed by atoms with Crippen LogP contribution in [0.2, 0.25) is 0 Å². The van der Waals surface area contributed by atoms with E-state index in [2.05, 4.69) is 14.9 Å². The Labute approximate surface area is 84.2 Å². The summed E-state index contributed by atoms with van der Waals surface area (Å²) in [6.07, 6.45) is 7.62. The monoisotopic (exact) mass is 189 g/mol. The Morgan fingerprint density at radius 3 is 3.21 bits per heavy atom. The van der Waals surface area contributed by atoms with Crippen LogP contribution >= 0.6 is 0 Å². The van der Waals surface area contributed by atoms with Crippen LogP contribution in [-0.4, -0.2) is 28.0 Å². The first kappa shape index (κ1) is 8.36. The lowest BCUT2D eigenvalue weighted by molar-refractivity contribution is 0.241. The van der Waals surface area contributed by atoms with Gasteiger partial charge >= 0.3 is 0 Å². The quantitative estimate of drug-likeness (QED) is 0.701. The Balaban J connectivity index is 1.72. The van der Waals surface area contributed by atoms with Crippen LogP contribution in [0.4, 0.5) is 0 Å². The van der Waals surface area contributed by atoms with Crippen LogP contribution < -0.4 is 0 Å². The van der Waals surface area contributed by atoms with Crippen LogP contribution in [0.1, 0.15) is 24.1 Å². The van der Waals surface area contributed by atoms with Gasteiger partial charge in [-0.2, -0.15) is 0 Å². The van der Waals surface area contributed by atoms with Crippen molar-refractivity contribution < 1.29 is 0 Å². The number of nitrogens with zero attached hydrogens (tertiary/aromatic N) is 3. The molecule has 0 saturated heterocycles. The highest BCUT2D eigenvalue weighted by Gasteiger charge is 2.26. The molecule has 0 N–H and O–H groups in total. The predicted octanol–water partition coefficient (Wildman–Crippen LogP) is 1.24. The molecular weight excluding hydrogens is 174 g/mol. The zero-order valence-corrected chi connectivity index (χ0v) is 8.32. The second-order valence-corrected chi connectivity index (χ2v) is 4.42. The molecular formula is C11H15N3. The van der Waals surface area contributed by atoms with Crippen LogP contribution in [0.3, 0.4) is 0 Å². The number of hydrogen-bond acceptors (Lipinski definition) is 3. The molecule has 1 saturated carbocycles. The van der Waals surface area contributed by atoms with Crippen molar-refractivity contribution in [3.63, 3.8) is 0 Å². The lowest BCUT2D eigenvalue weighted by atomic mass is 10.1. The van der Waals surface area contributed by atoms with Crippen LogP contribution in [0.25, 0.3) is 0 Å². The SMILES string of the molecule is c1ncc2c(n1)CCN(CC1CC1)C2. The van der Waals surface area contributed by atoms with Gasteiger partial charge in [0, 0.05) is 43.5 Å². The molecule has 14 heavy (non-hydrogen) atoms. The Morgan fingerprint density at radius 2 is 2.36 bits per heavy atom. The van der Waals surface area contributed by atoms with E-state index in [1.54, 1.807) is 6.33 Å². The summed E-state index contributed by atoms with van der Waals surface area (Å²) in [7, 11) is 0. The molecule has 0 aromatic carbocycles. The van der Waals surface area contributed by atoms with Gasteiger partial charge in [0.15, 0.2) is 0 Å². The maximum absolute atomic E-state index is 4.31. The van der Waals surface area contributed by atoms with Crippen molar-refractivity contribution in [3.8, 4) is 0 Å². The van der Waals surface area contributed by atoms with Crippen LogP contribution in [0.5, 0.6) is 0 Å². The molecule has 1 aromatic rings. The Hall–Kier alpha value is -0.960. The normalized spacial score (nSPS) is 22.0.